The van der Waals surface area contributed by atoms with Crippen molar-refractivity contribution in [1.82, 2.24) is 14.5 Å². The van der Waals surface area contributed by atoms with Crippen LogP contribution in [0.4, 0.5) is 5.69 Å². The number of aromatic nitrogens is 3. The average Bonchev–Trinajstić information content (AvgIpc) is 3.06. The Bertz CT molecular complexity index is 1050. The maximum atomic E-state index is 6.08. The molecule has 4 rings (SSSR count). The zero-order chi connectivity index (χ0) is 18.1. The molecule has 2 aromatic carbocycles. The van der Waals surface area contributed by atoms with Crippen molar-refractivity contribution in [2.45, 2.75) is 13.0 Å². The normalized spacial score (nSPS) is 12.3. The van der Waals surface area contributed by atoms with E-state index in [-0.39, 0.29) is 6.04 Å². The summed E-state index contributed by atoms with van der Waals surface area (Å²) in [5, 5.41) is 5.48. The SMILES string of the molecule is Cc1cc(N[C@H](c2ccc(Cl)cc2)c2nccn2C)c2ccccc2n1. The molecule has 4 nitrogen and oxygen atoms in total. The number of imidazole rings is 1. The highest BCUT2D eigenvalue weighted by Crippen LogP contribution is 2.30. The fourth-order valence-electron chi connectivity index (χ4n) is 3.19. The van der Waals surface area contributed by atoms with Gasteiger partial charge in [0.15, 0.2) is 0 Å². The van der Waals surface area contributed by atoms with Crippen LogP contribution < -0.4 is 5.32 Å². The van der Waals surface area contributed by atoms with E-state index in [0.717, 1.165) is 38.7 Å². The van der Waals surface area contributed by atoms with Crippen molar-refractivity contribution in [3.05, 3.63) is 89.1 Å². The number of nitrogens with zero attached hydrogens (tertiary/aromatic N) is 3. The van der Waals surface area contributed by atoms with Crippen molar-refractivity contribution in [3.8, 4) is 0 Å². The van der Waals surface area contributed by atoms with Crippen LogP contribution in [0.15, 0.2) is 67.0 Å². The van der Waals surface area contributed by atoms with Crippen LogP contribution in [0.2, 0.25) is 5.02 Å². The molecule has 0 aliphatic rings. The molecule has 130 valence electrons. The Balaban J connectivity index is 1.84. The first-order valence-electron chi connectivity index (χ1n) is 8.47. The van der Waals surface area contributed by atoms with Crippen LogP contribution in [0.25, 0.3) is 10.9 Å². The molecule has 0 saturated carbocycles. The molecule has 0 aliphatic carbocycles. The number of nitrogens with one attached hydrogen (secondary N) is 1. The standard InChI is InChI=1S/C21H19ClN4/c1-14-13-19(17-5-3-4-6-18(17)24-14)25-20(21-23-11-12-26(21)2)15-7-9-16(22)10-8-15/h3-13,20H,1-2H3,(H,24,25)/t20-/m1/s1. The molecule has 4 aromatic rings. The predicted molar refractivity (Wildman–Crippen MR) is 107 cm³/mol. The maximum absolute atomic E-state index is 6.08. The summed E-state index contributed by atoms with van der Waals surface area (Å²) in [7, 11) is 2.00. The maximum Gasteiger partial charge on any atom is 0.135 e. The number of pyridine rings is 1. The van der Waals surface area contributed by atoms with Crippen LogP contribution in [-0.2, 0) is 7.05 Å². The second-order valence-corrected chi connectivity index (χ2v) is 6.79. The van der Waals surface area contributed by atoms with Crippen molar-refractivity contribution in [1.29, 1.82) is 0 Å². The third kappa shape index (κ3) is 3.16. The molecule has 1 atom stereocenters. The van der Waals surface area contributed by atoms with Gasteiger partial charge in [-0.25, -0.2) is 4.98 Å². The van der Waals surface area contributed by atoms with Gasteiger partial charge in [-0.05, 0) is 36.8 Å². The molecule has 26 heavy (non-hydrogen) atoms. The lowest BCUT2D eigenvalue weighted by atomic mass is 10.0. The smallest absolute Gasteiger partial charge is 0.135 e. The Kier molecular flexibility index (Phi) is 4.35. The number of aryl methyl sites for hydroxylation is 2. The molecule has 0 amide bonds. The van der Waals surface area contributed by atoms with Crippen LogP contribution in [0.1, 0.15) is 23.1 Å². The van der Waals surface area contributed by atoms with Crippen LogP contribution in [-0.4, -0.2) is 14.5 Å². The van der Waals surface area contributed by atoms with Gasteiger partial charge in [0.1, 0.15) is 11.9 Å². The van der Waals surface area contributed by atoms with Gasteiger partial charge in [0.2, 0.25) is 0 Å². The number of benzene rings is 2. The highest BCUT2D eigenvalue weighted by atomic mass is 35.5. The number of hydrogen-bond acceptors (Lipinski definition) is 3. The summed E-state index contributed by atoms with van der Waals surface area (Å²) in [6.07, 6.45) is 3.77. The Morgan fingerprint density at radius 1 is 1.08 bits per heavy atom. The van der Waals surface area contributed by atoms with Crippen molar-refractivity contribution in [2.75, 3.05) is 5.32 Å². The van der Waals surface area contributed by atoms with Crippen molar-refractivity contribution in [2.24, 2.45) is 7.05 Å². The lowest BCUT2D eigenvalue weighted by molar-refractivity contribution is 0.749. The molecule has 0 unspecified atom stereocenters. The lowest BCUT2D eigenvalue weighted by Crippen LogP contribution is -2.17. The number of rotatable bonds is 4. The molecule has 5 heteroatoms. The molecule has 0 fully saturated rings. The molecule has 0 spiro atoms. The summed E-state index contributed by atoms with van der Waals surface area (Å²) in [6, 6.07) is 18.0. The van der Waals surface area contributed by atoms with Gasteiger partial charge in [0.05, 0.1) is 5.52 Å². The molecule has 2 heterocycles. The summed E-state index contributed by atoms with van der Waals surface area (Å²) in [6.45, 7) is 2.01. The van der Waals surface area contributed by atoms with Gasteiger partial charge in [-0.2, -0.15) is 0 Å². The fraction of sp³-hybridized carbons (Fsp3) is 0.143. The van der Waals surface area contributed by atoms with E-state index in [1.165, 1.54) is 0 Å². The number of halogens is 1. The molecule has 1 N–H and O–H groups in total. The van der Waals surface area contributed by atoms with E-state index in [2.05, 4.69) is 27.4 Å². The highest BCUT2D eigenvalue weighted by molar-refractivity contribution is 6.30. The van der Waals surface area contributed by atoms with Gasteiger partial charge in [0.25, 0.3) is 0 Å². The van der Waals surface area contributed by atoms with E-state index in [4.69, 9.17) is 11.6 Å². The Hall–Kier alpha value is -2.85. The lowest BCUT2D eigenvalue weighted by Gasteiger charge is -2.22. The second-order valence-electron chi connectivity index (χ2n) is 6.35. The minimum atomic E-state index is -0.0996. The minimum Gasteiger partial charge on any atom is -0.371 e. The average molecular weight is 363 g/mol. The molecular formula is C21H19ClN4. The molecule has 0 radical (unpaired) electrons. The van der Waals surface area contributed by atoms with Gasteiger partial charge in [-0.3, -0.25) is 4.98 Å². The second kappa shape index (κ2) is 6.81. The Labute approximate surface area is 157 Å². The molecule has 0 aliphatic heterocycles. The van der Waals surface area contributed by atoms with E-state index in [1.54, 1.807) is 0 Å². The first kappa shape index (κ1) is 16.6. The quantitative estimate of drug-likeness (QED) is 0.547. The molecule has 0 saturated heterocycles. The molecule has 2 aromatic heterocycles. The fourth-order valence-corrected chi connectivity index (χ4v) is 3.32. The van der Waals surface area contributed by atoms with E-state index in [0.29, 0.717) is 0 Å². The van der Waals surface area contributed by atoms with Gasteiger partial charge in [-0.15, -0.1) is 0 Å². The van der Waals surface area contributed by atoms with Crippen LogP contribution in [0.5, 0.6) is 0 Å². The topological polar surface area (TPSA) is 42.7 Å². The zero-order valence-corrected chi connectivity index (χ0v) is 15.4. The van der Waals surface area contributed by atoms with Crippen LogP contribution in [0.3, 0.4) is 0 Å². The van der Waals surface area contributed by atoms with Crippen molar-refractivity contribution >= 4 is 28.2 Å². The van der Waals surface area contributed by atoms with Gasteiger partial charge >= 0.3 is 0 Å². The summed E-state index contributed by atoms with van der Waals surface area (Å²) in [4.78, 5) is 9.20. The van der Waals surface area contributed by atoms with E-state index < -0.39 is 0 Å². The zero-order valence-electron chi connectivity index (χ0n) is 14.6. The number of para-hydroxylation sites is 1. The van der Waals surface area contributed by atoms with Crippen molar-refractivity contribution < 1.29 is 0 Å². The van der Waals surface area contributed by atoms with E-state index >= 15 is 0 Å². The van der Waals surface area contributed by atoms with E-state index in [1.807, 2.05) is 73.4 Å². The third-order valence-electron chi connectivity index (χ3n) is 4.46. The molecular weight excluding hydrogens is 344 g/mol. The van der Waals surface area contributed by atoms with E-state index in [9.17, 15) is 0 Å². The van der Waals surface area contributed by atoms with Gasteiger partial charge in [0, 0.05) is 41.2 Å². The third-order valence-corrected chi connectivity index (χ3v) is 4.72. The van der Waals surface area contributed by atoms with Gasteiger partial charge in [-0.1, -0.05) is 41.9 Å². The Morgan fingerprint density at radius 3 is 2.58 bits per heavy atom. The molecule has 0 bridgehead atoms. The number of anilines is 1. The number of hydrogen-bond donors (Lipinski definition) is 1. The van der Waals surface area contributed by atoms with Gasteiger partial charge < -0.3 is 9.88 Å². The minimum absolute atomic E-state index is 0.0996. The summed E-state index contributed by atoms with van der Waals surface area (Å²) < 4.78 is 2.03. The monoisotopic (exact) mass is 362 g/mol. The largest absolute Gasteiger partial charge is 0.371 e. The Morgan fingerprint density at radius 2 is 1.85 bits per heavy atom. The highest BCUT2D eigenvalue weighted by Gasteiger charge is 2.19. The predicted octanol–water partition coefficient (Wildman–Crippen LogP) is 5.13. The van der Waals surface area contributed by atoms with Crippen molar-refractivity contribution in [3.63, 3.8) is 0 Å². The van der Waals surface area contributed by atoms with Crippen LogP contribution >= 0.6 is 11.6 Å². The van der Waals surface area contributed by atoms with Crippen LogP contribution in [0, 0.1) is 6.92 Å². The first-order chi connectivity index (χ1) is 12.6. The summed E-state index contributed by atoms with van der Waals surface area (Å²) in [5.74, 6) is 0.936. The first-order valence-corrected chi connectivity index (χ1v) is 8.85. The summed E-state index contributed by atoms with van der Waals surface area (Å²) in [5.41, 5.74) is 4.09. The number of fused-ring (bicyclic) bond motifs is 1. The summed E-state index contributed by atoms with van der Waals surface area (Å²) >= 11 is 6.08.